The van der Waals surface area contributed by atoms with Crippen LogP contribution in [0.3, 0.4) is 0 Å². The Morgan fingerprint density at radius 2 is 1.83 bits per heavy atom. The molecule has 1 aromatic carbocycles. The smallest absolute Gasteiger partial charge is 0.328 e. The summed E-state index contributed by atoms with van der Waals surface area (Å²) in [5.41, 5.74) is 0.361. The minimum atomic E-state index is -1.31. The topological polar surface area (TPSA) is 86.6 Å². The molecule has 1 aromatic rings. The summed E-state index contributed by atoms with van der Waals surface area (Å²) in [5.74, 6) is -1.78. The third kappa shape index (κ3) is 3.75. The summed E-state index contributed by atoms with van der Waals surface area (Å²) in [4.78, 5) is 23.6. The number of hydrogen-bond acceptors (Lipinski definition) is 4. The van der Waals surface area contributed by atoms with Crippen molar-refractivity contribution >= 4 is 23.6 Å². The van der Waals surface area contributed by atoms with Gasteiger partial charge in [0.05, 0.1) is 6.10 Å². The highest BCUT2D eigenvalue weighted by molar-refractivity contribution is 7.98. The number of amides is 1. The van der Waals surface area contributed by atoms with E-state index < -0.39 is 24.0 Å². The fraction of sp³-hybridized carbons (Fsp3) is 0.333. The summed E-state index contributed by atoms with van der Waals surface area (Å²) in [5, 5.41) is 20.4. The first kappa shape index (κ1) is 14.5. The molecule has 3 N–H and O–H groups in total. The highest BCUT2D eigenvalue weighted by Gasteiger charge is 2.25. The van der Waals surface area contributed by atoms with E-state index in [4.69, 9.17) is 5.11 Å². The van der Waals surface area contributed by atoms with Crippen molar-refractivity contribution in [3.63, 3.8) is 0 Å². The number of carboxylic acid groups (broad SMARTS) is 1. The monoisotopic (exact) mass is 269 g/mol. The zero-order valence-corrected chi connectivity index (χ0v) is 10.9. The third-order valence-electron chi connectivity index (χ3n) is 2.39. The molecule has 0 radical (unpaired) electrons. The number of aliphatic hydroxyl groups excluding tert-OH is 1. The molecule has 18 heavy (non-hydrogen) atoms. The van der Waals surface area contributed by atoms with Gasteiger partial charge in [-0.1, -0.05) is 0 Å². The first-order valence-electron chi connectivity index (χ1n) is 5.31. The Morgan fingerprint density at radius 1 is 1.28 bits per heavy atom. The lowest BCUT2D eigenvalue weighted by Crippen LogP contribution is -2.47. The minimum Gasteiger partial charge on any atom is -0.480 e. The highest BCUT2D eigenvalue weighted by Crippen LogP contribution is 2.14. The van der Waals surface area contributed by atoms with E-state index in [9.17, 15) is 14.7 Å². The second-order valence-corrected chi connectivity index (χ2v) is 4.64. The second kappa shape index (κ2) is 6.42. The molecule has 0 saturated heterocycles. The van der Waals surface area contributed by atoms with Crippen LogP contribution in [0.25, 0.3) is 0 Å². The van der Waals surface area contributed by atoms with E-state index in [1.807, 2.05) is 6.26 Å². The molecule has 0 aliphatic carbocycles. The van der Waals surface area contributed by atoms with Gasteiger partial charge >= 0.3 is 5.97 Å². The van der Waals surface area contributed by atoms with Gasteiger partial charge in [0.1, 0.15) is 0 Å². The summed E-state index contributed by atoms with van der Waals surface area (Å²) in [6.45, 7) is 1.32. The quantitative estimate of drug-likeness (QED) is 0.693. The SMILES string of the molecule is CSc1ccc(C(=O)NC(C(=O)O)C(C)O)cc1. The van der Waals surface area contributed by atoms with E-state index in [-0.39, 0.29) is 0 Å². The lowest BCUT2D eigenvalue weighted by molar-refractivity contribution is -0.141. The number of carbonyl (C=O) groups is 2. The Kier molecular flexibility index (Phi) is 5.18. The van der Waals surface area contributed by atoms with E-state index in [0.717, 1.165) is 4.90 Å². The van der Waals surface area contributed by atoms with Gasteiger partial charge in [0, 0.05) is 10.5 Å². The number of aliphatic carboxylic acids is 1. The van der Waals surface area contributed by atoms with E-state index in [0.29, 0.717) is 5.56 Å². The largest absolute Gasteiger partial charge is 0.480 e. The van der Waals surface area contributed by atoms with Gasteiger partial charge in [0.2, 0.25) is 0 Å². The van der Waals surface area contributed by atoms with E-state index >= 15 is 0 Å². The van der Waals surface area contributed by atoms with Gasteiger partial charge < -0.3 is 15.5 Å². The predicted molar refractivity (Wildman–Crippen MR) is 68.8 cm³/mol. The van der Waals surface area contributed by atoms with E-state index in [1.165, 1.54) is 6.92 Å². The lowest BCUT2D eigenvalue weighted by Gasteiger charge is -2.17. The first-order valence-corrected chi connectivity index (χ1v) is 6.54. The van der Waals surface area contributed by atoms with E-state index in [2.05, 4.69) is 5.32 Å². The van der Waals surface area contributed by atoms with Crippen LogP contribution in [0.2, 0.25) is 0 Å². The summed E-state index contributed by atoms with van der Waals surface area (Å²) in [6.07, 6.45) is 0.764. The number of aliphatic hydroxyl groups is 1. The molecule has 0 aromatic heterocycles. The fourth-order valence-electron chi connectivity index (χ4n) is 1.36. The van der Waals surface area contributed by atoms with Gasteiger partial charge in [0.25, 0.3) is 5.91 Å². The van der Waals surface area contributed by atoms with Crippen molar-refractivity contribution in [1.29, 1.82) is 0 Å². The summed E-state index contributed by atoms with van der Waals surface area (Å²) >= 11 is 1.55. The van der Waals surface area contributed by atoms with Crippen LogP contribution in [-0.2, 0) is 4.79 Å². The maximum Gasteiger partial charge on any atom is 0.328 e. The average Bonchev–Trinajstić information content (AvgIpc) is 2.35. The molecule has 0 heterocycles. The van der Waals surface area contributed by atoms with Crippen LogP contribution in [0.4, 0.5) is 0 Å². The number of hydrogen-bond donors (Lipinski definition) is 3. The Morgan fingerprint density at radius 3 is 2.22 bits per heavy atom. The zero-order chi connectivity index (χ0) is 13.7. The molecular formula is C12H15NO4S. The molecule has 1 amide bonds. The van der Waals surface area contributed by atoms with Crippen LogP contribution in [0, 0.1) is 0 Å². The van der Waals surface area contributed by atoms with Crippen LogP contribution in [0.5, 0.6) is 0 Å². The molecule has 0 aliphatic heterocycles. The van der Waals surface area contributed by atoms with Crippen molar-refractivity contribution in [3.05, 3.63) is 29.8 Å². The van der Waals surface area contributed by atoms with Crippen molar-refractivity contribution < 1.29 is 19.8 Å². The van der Waals surface area contributed by atoms with Crippen LogP contribution in [0.15, 0.2) is 29.2 Å². The molecule has 0 fully saturated rings. The molecular weight excluding hydrogens is 254 g/mol. The number of thioether (sulfide) groups is 1. The van der Waals surface area contributed by atoms with Crippen molar-refractivity contribution in [2.75, 3.05) is 6.26 Å². The summed E-state index contributed by atoms with van der Waals surface area (Å²) in [7, 11) is 0. The standard InChI is InChI=1S/C12H15NO4S/c1-7(14)10(12(16)17)13-11(15)8-3-5-9(18-2)6-4-8/h3-7,10,14H,1-2H3,(H,13,15)(H,16,17). The predicted octanol–water partition coefficient (Wildman–Crippen LogP) is 0.972. The molecule has 2 atom stereocenters. The second-order valence-electron chi connectivity index (χ2n) is 3.76. The van der Waals surface area contributed by atoms with Crippen LogP contribution < -0.4 is 5.32 Å². The summed E-state index contributed by atoms with van der Waals surface area (Å²) in [6, 6.07) is 5.47. The summed E-state index contributed by atoms with van der Waals surface area (Å²) < 4.78 is 0. The minimum absolute atomic E-state index is 0.361. The molecule has 98 valence electrons. The van der Waals surface area contributed by atoms with E-state index in [1.54, 1.807) is 36.0 Å². The van der Waals surface area contributed by atoms with Gasteiger partial charge in [-0.15, -0.1) is 11.8 Å². The van der Waals surface area contributed by atoms with Crippen molar-refractivity contribution in [2.45, 2.75) is 24.0 Å². The maximum absolute atomic E-state index is 11.8. The third-order valence-corrected chi connectivity index (χ3v) is 3.13. The number of rotatable bonds is 5. The number of benzene rings is 1. The molecule has 0 aliphatic rings. The van der Waals surface area contributed by atoms with Crippen LogP contribution >= 0.6 is 11.8 Å². The molecule has 1 rings (SSSR count). The number of carboxylic acids is 1. The Bertz CT molecular complexity index is 430. The van der Waals surface area contributed by atoms with Gasteiger partial charge in [0.15, 0.2) is 6.04 Å². The maximum atomic E-state index is 11.8. The van der Waals surface area contributed by atoms with Crippen LogP contribution in [-0.4, -0.2) is 40.5 Å². The van der Waals surface area contributed by atoms with Crippen molar-refractivity contribution in [3.8, 4) is 0 Å². The zero-order valence-electron chi connectivity index (χ0n) is 10.1. The normalized spacial score (nSPS) is 13.7. The molecule has 0 spiro atoms. The fourth-order valence-corrected chi connectivity index (χ4v) is 1.76. The number of nitrogens with one attached hydrogen (secondary N) is 1. The van der Waals surface area contributed by atoms with Crippen LogP contribution in [0.1, 0.15) is 17.3 Å². The molecule has 0 bridgehead atoms. The van der Waals surface area contributed by atoms with Gasteiger partial charge in [-0.2, -0.15) is 0 Å². The number of carbonyl (C=O) groups excluding carboxylic acids is 1. The molecule has 5 nitrogen and oxygen atoms in total. The Balaban J connectivity index is 2.77. The van der Waals surface area contributed by atoms with Gasteiger partial charge in [-0.25, -0.2) is 4.79 Å². The average molecular weight is 269 g/mol. The Labute approximate surface area is 109 Å². The first-order chi connectivity index (χ1) is 8.45. The van der Waals surface area contributed by atoms with Gasteiger partial charge in [-0.05, 0) is 37.4 Å². The van der Waals surface area contributed by atoms with Crippen molar-refractivity contribution in [2.24, 2.45) is 0 Å². The Hall–Kier alpha value is -1.53. The van der Waals surface area contributed by atoms with Gasteiger partial charge in [-0.3, -0.25) is 4.79 Å². The highest BCUT2D eigenvalue weighted by atomic mass is 32.2. The molecule has 6 heteroatoms. The molecule has 2 unspecified atom stereocenters. The molecule has 0 saturated carbocycles. The lowest BCUT2D eigenvalue weighted by atomic mass is 10.1. The van der Waals surface area contributed by atoms with Crippen molar-refractivity contribution in [1.82, 2.24) is 5.32 Å².